The van der Waals surface area contributed by atoms with E-state index in [1.54, 1.807) is 7.11 Å². The molecule has 0 radical (unpaired) electrons. The molecule has 0 unspecified atom stereocenters. The van der Waals surface area contributed by atoms with Crippen LogP contribution in [0.15, 0.2) is 182 Å². The first-order valence-corrected chi connectivity index (χ1v) is 40.8. The van der Waals surface area contributed by atoms with Crippen LogP contribution in [0.2, 0.25) is 0 Å². The fourth-order valence-corrected chi connectivity index (χ4v) is 12.5. The number of benzene rings is 10. The minimum absolute atomic E-state index is 0.0108. The van der Waals surface area contributed by atoms with Crippen molar-refractivity contribution in [3.05, 3.63) is 282 Å². The zero-order valence-electron chi connectivity index (χ0n) is 71.7. The summed E-state index contributed by atoms with van der Waals surface area (Å²) in [6.07, 6.45) is 6.17. The topological polar surface area (TPSA) is 193 Å². The van der Waals surface area contributed by atoms with Crippen LogP contribution >= 0.6 is 12.2 Å². The maximum absolute atomic E-state index is 11.8. The molecule has 1 saturated carbocycles. The minimum Gasteiger partial charge on any atom is -0.497 e. The Hall–Kier alpha value is -11.4. The van der Waals surface area contributed by atoms with Gasteiger partial charge in [0, 0.05) is 81.9 Å². The molecule has 0 bridgehead atoms. The second-order valence-corrected chi connectivity index (χ2v) is 29.8. The van der Waals surface area contributed by atoms with Crippen LogP contribution in [0.25, 0.3) is 0 Å². The molecule has 0 heterocycles. The van der Waals surface area contributed by atoms with Crippen molar-refractivity contribution >= 4 is 69.3 Å². The lowest BCUT2D eigenvalue weighted by Crippen LogP contribution is -2.12. The smallest absolute Gasteiger partial charge is 0.224 e. The normalized spacial score (nSPS) is 11.0. The third kappa shape index (κ3) is 30.1. The van der Waals surface area contributed by atoms with Crippen LogP contribution in [0, 0.1) is 76.2 Å². The zero-order chi connectivity index (χ0) is 84.4. The molecule has 1 fully saturated rings. The summed E-state index contributed by atoms with van der Waals surface area (Å²) >= 11 is 5.32. The molecular weight excluding hydrogens is 1470 g/mol. The largest absolute Gasteiger partial charge is 0.497 e. The molecule has 0 aliphatic heterocycles. The molecule has 0 atom stereocenters. The number of aryl methyl sites for hydroxylation is 12. The first-order valence-electron chi connectivity index (χ1n) is 40.4. The van der Waals surface area contributed by atoms with Gasteiger partial charge in [0.25, 0.3) is 0 Å². The lowest BCUT2D eigenvalue weighted by molar-refractivity contribution is -0.116. The number of thiocarbonyl (C=S) groups is 1. The Bertz CT molecular complexity index is 4830. The van der Waals surface area contributed by atoms with Gasteiger partial charge in [0.1, 0.15) is 73.3 Å². The molecule has 16 nitrogen and oxygen atoms in total. The van der Waals surface area contributed by atoms with Gasteiger partial charge in [-0.2, -0.15) is 0 Å². The van der Waals surface area contributed by atoms with Gasteiger partial charge < -0.3 is 59.7 Å². The predicted molar refractivity (Wildman–Crippen MR) is 479 cm³/mol. The van der Waals surface area contributed by atoms with E-state index in [0.29, 0.717) is 71.2 Å². The van der Waals surface area contributed by atoms with Gasteiger partial charge in [-0.3, -0.25) is 19.2 Å². The minimum atomic E-state index is -0.0251. The summed E-state index contributed by atoms with van der Waals surface area (Å²) in [6.45, 7) is 38.9. The average molecular weight is 1590 g/mol. The van der Waals surface area contributed by atoms with Crippen molar-refractivity contribution in [3.63, 3.8) is 0 Å². The van der Waals surface area contributed by atoms with Crippen LogP contribution in [0.1, 0.15) is 199 Å². The number of hydrogen-bond donors (Lipinski definition) is 5. The van der Waals surface area contributed by atoms with Gasteiger partial charge in [0.2, 0.25) is 23.6 Å². The van der Waals surface area contributed by atoms with E-state index in [1.165, 1.54) is 51.8 Å². The van der Waals surface area contributed by atoms with Crippen molar-refractivity contribution in [1.29, 1.82) is 0 Å². The van der Waals surface area contributed by atoms with Crippen molar-refractivity contribution in [2.75, 3.05) is 40.3 Å². The molecule has 10 aromatic carbocycles. The van der Waals surface area contributed by atoms with Crippen LogP contribution in [-0.4, -0.2) is 42.3 Å². The van der Waals surface area contributed by atoms with Crippen molar-refractivity contribution in [1.82, 2.24) is 0 Å². The monoisotopic (exact) mass is 1590 g/mol. The number of carbonyl (C=O) groups is 4. The Morgan fingerprint density at radius 3 is 0.940 bits per heavy atom. The van der Waals surface area contributed by atoms with Crippen molar-refractivity contribution in [3.8, 4) is 40.2 Å². The summed E-state index contributed by atoms with van der Waals surface area (Å²) in [6, 6.07) is 60.7. The Morgan fingerprint density at radius 1 is 0.319 bits per heavy atom. The van der Waals surface area contributed by atoms with Gasteiger partial charge in [-0.15, -0.1) is 0 Å². The maximum atomic E-state index is 11.8. The third-order valence-electron chi connectivity index (χ3n) is 19.3. The Labute approximate surface area is 695 Å². The fourth-order valence-electron chi connectivity index (χ4n) is 12.4. The highest BCUT2D eigenvalue weighted by Gasteiger charge is 2.25. The summed E-state index contributed by atoms with van der Waals surface area (Å²) in [5, 5.41) is 15.1. The van der Waals surface area contributed by atoms with Crippen LogP contribution in [0.4, 0.5) is 28.4 Å². The first kappa shape index (κ1) is 91.7. The van der Waals surface area contributed by atoms with Crippen molar-refractivity contribution in [2.45, 2.75) is 215 Å². The fraction of sp³-hybridized carbons (Fsp3) is 0.343. The number of anilines is 5. The maximum Gasteiger partial charge on any atom is 0.224 e. The lowest BCUT2D eigenvalue weighted by atomic mass is 10.1. The van der Waals surface area contributed by atoms with E-state index < -0.39 is 0 Å². The molecule has 116 heavy (non-hydrogen) atoms. The Kier molecular flexibility index (Phi) is 37.0. The van der Waals surface area contributed by atoms with Gasteiger partial charge in [-0.05, 0) is 239 Å². The SMILES string of the molecule is CCC(=O)Nc1ccc(C)cc1COc1ccc(C)cc1C.CCC(=O)Nc1ccc(C2CC2)cc1COc1ccc(C)cc1C.CCC(=O)Nc1ccc(OC)cc1COc1ccc(C)cc1C.CCC(=S)Nc1ccc(CC)cc1COc1ccc(C)cc1C.CCOc1ccc(NC(=O)CC)c(COc2ccc(C)cc2C)c1. The summed E-state index contributed by atoms with van der Waals surface area (Å²) in [5.41, 5.74) is 24.7. The standard InChI is InChI=1S/C21H25NO2.C20H25NO3.C20H25NOS.C19H23NO3.C19H23NO2/c1-4-21(23)22-19-9-8-17(16-6-7-16)12-18(19)13-24-20-10-5-14(2)11-15(20)3;1-5-20(22)21-18-9-8-17(23-6-2)12-16(18)13-24-19-10-7-14(3)11-15(19)4;1-5-16-8-9-18(21-20(23)6-2)17(12-16)13-22-19-10-7-14(3)11-15(19)4;1-5-19(21)20-17-8-7-16(22-4)11-15(17)12-23-18-9-6-13(2)10-14(18)3;1-5-19(21)20-17-8-6-14(3)11-16(17)12-22-18-9-7-13(2)10-15(18)4/h5,8-12,16H,4,6-7,13H2,1-3H3,(H,22,23);7-12H,5-6,13H2,1-4H3,(H,21,22);7-12H,5-6,13H2,1-4H3,(H,21,23);6-11H,5,12H2,1-4H3,(H,20,21);6-11H,5,12H2,1-4H3,(H,20,21). The molecular formula is C99H121N5O11S. The Morgan fingerprint density at radius 2 is 0.612 bits per heavy atom. The van der Waals surface area contributed by atoms with Crippen molar-refractivity contribution < 1.29 is 52.3 Å². The molecule has 614 valence electrons. The number of carbonyl (C=O) groups excluding carboxylic acids is 4. The number of methoxy groups -OCH3 is 1. The Balaban J connectivity index is 0.000000201. The third-order valence-corrected chi connectivity index (χ3v) is 19.7. The zero-order valence-corrected chi connectivity index (χ0v) is 72.5. The van der Waals surface area contributed by atoms with Gasteiger partial charge in [0.15, 0.2) is 0 Å². The van der Waals surface area contributed by atoms with Crippen LogP contribution in [0.3, 0.4) is 0 Å². The molecule has 11 rings (SSSR count). The van der Waals surface area contributed by atoms with Crippen LogP contribution in [-0.2, 0) is 58.6 Å². The number of amides is 4. The van der Waals surface area contributed by atoms with E-state index in [0.717, 1.165) is 148 Å². The molecule has 0 aromatic heterocycles. The van der Waals surface area contributed by atoms with Crippen LogP contribution < -0.4 is 59.7 Å². The predicted octanol–water partition coefficient (Wildman–Crippen LogP) is 24.1. The van der Waals surface area contributed by atoms with E-state index in [4.69, 9.17) is 45.4 Å². The molecule has 1 aliphatic carbocycles. The highest BCUT2D eigenvalue weighted by Crippen LogP contribution is 2.42. The molecule has 0 spiro atoms. The van der Waals surface area contributed by atoms with Gasteiger partial charge in [0.05, 0.1) is 18.7 Å². The molecule has 5 N–H and O–H groups in total. The molecule has 17 heteroatoms. The van der Waals surface area contributed by atoms with Gasteiger partial charge in [-0.25, -0.2) is 0 Å². The number of nitrogens with one attached hydrogen (secondary N) is 5. The van der Waals surface area contributed by atoms with Gasteiger partial charge in [-0.1, -0.05) is 184 Å². The molecule has 0 saturated heterocycles. The van der Waals surface area contributed by atoms with E-state index in [2.05, 4.69) is 168 Å². The number of rotatable bonds is 30. The van der Waals surface area contributed by atoms with E-state index in [1.807, 2.05) is 165 Å². The summed E-state index contributed by atoms with van der Waals surface area (Å²) in [5.74, 6) is 6.56. The molecule has 10 aromatic rings. The summed E-state index contributed by atoms with van der Waals surface area (Å²) < 4.78 is 40.7. The second kappa shape index (κ2) is 46.8. The van der Waals surface area contributed by atoms with Crippen molar-refractivity contribution in [2.24, 2.45) is 0 Å². The quantitative estimate of drug-likeness (QED) is 0.0267. The van der Waals surface area contributed by atoms with E-state index in [-0.39, 0.29) is 23.6 Å². The molecule has 4 amide bonds. The summed E-state index contributed by atoms with van der Waals surface area (Å²) in [4.78, 5) is 47.7. The number of ether oxygens (including phenoxy) is 7. The van der Waals surface area contributed by atoms with E-state index >= 15 is 0 Å². The summed E-state index contributed by atoms with van der Waals surface area (Å²) in [7, 11) is 1.62. The van der Waals surface area contributed by atoms with Crippen LogP contribution in [0.5, 0.6) is 40.2 Å². The highest BCUT2D eigenvalue weighted by molar-refractivity contribution is 7.80. The van der Waals surface area contributed by atoms with Gasteiger partial charge >= 0.3 is 0 Å². The second-order valence-electron chi connectivity index (χ2n) is 29.3. The van der Waals surface area contributed by atoms with E-state index in [9.17, 15) is 19.2 Å². The first-order chi connectivity index (χ1) is 55.6. The lowest BCUT2D eigenvalue weighted by Gasteiger charge is -2.15. The average Bonchev–Trinajstić information content (AvgIpc) is 1.65. The molecule has 1 aliphatic rings. The highest BCUT2D eigenvalue weighted by atomic mass is 32.1. The number of hydrogen-bond acceptors (Lipinski definition) is 12.